The van der Waals surface area contributed by atoms with Gasteiger partial charge >= 0.3 is 0 Å². The summed E-state index contributed by atoms with van der Waals surface area (Å²) in [4.78, 5) is 30.0. The number of nitrogens with zero attached hydrogens (tertiary/aromatic N) is 2. The van der Waals surface area contributed by atoms with Crippen molar-refractivity contribution in [3.63, 3.8) is 0 Å². The maximum atomic E-state index is 13.3. The Balaban J connectivity index is 1.52. The van der Waals surface area contributed by atoms with E-state index in [1.807, 2.05) is 66.4 Å². The van der Waals surface area contributed by atoms with Gasteiger partial charge in [-0.3, -0.25) is 9.59 Å². The molecule has 0 aromatic heterocycles. The molecular weight excluding hydrogens is 338 g/mol. The van der Waals surface area contributed by atoms with E-state index in [-0.39, 0.29) is 11.8 Å². The van der Waals surface area contributed by atoms with Crippen LogP contribution in [0.25, 0.3) is 0 Å². The van der Waals surface area contributed by atoms with Crippen molar-refractivity contribution in [3.05, 3.63) is 54.1 Å². The van der Waals surface area contributed by atoms with Crippen molar-refractivity contribution >= 4 is 28.9 Å². The summed E-state index contributed by atoms with van der Waals surface area (Å²) >= 11 is 0. The van der Waals surface area contributed by atoms with E-state index in [2.05, 4.69) is 11.4 Å². The first kappa shape index (κ1) is 17.6. The Kier molecular flexibility index (Phi) is 4.38. The van der Waals surface area contributed by atoms with Crippen molar-refractivity contribution in [3.8, 4) is 0 Å². The average molecular weight is 363 g/mol. The smallest absolute Gasteiger partial charge is 0.242 e. The number of carbonyl (C=O) groups excluding carboxylic acids is 2. The van der Waals surface area contributed by atoms with Gasteiger partial charge in [0.2, 0.25) is 11.8 Å². The molecule has 5 heteroatoms. The lowest BCUT2D eigenvalue weighted by Crippen LogP contribution is -2.45. The number of hydrogen-bond donors (Lipinski definition) is 1. The van der Waals surface area contributed by atoms with Gasteiger partial charge in [-0.2, -0.15) is 0 Å². The minimum absolute atomic E-state index is 0.0583. The highest BCUT2D eigenvalue weighted by molar-refractivity contribution is 6.18. The summed E-state index contributed by atoms with van der Waals surface area (Å²) in [6.07, 6.45) is 3.15. The zero-order valence-electron chi connectivity index (χ0n) is 15.9. The number of para-hydroxylation sites is 1. The van der Waals surface area contributed by atoms with Crippen molar-refractivity contribution in [2.75, 3.05) is 35.8 Å². The van der Waals surface area contributed by atoms with Crippen molar-refractivity contribution in [1.82, 2.24) is 0 Å². The lowest BCUT2D eigenvalue weighted by Gasteiger charge is -2.32. The first-order valence-corrected chi connectivity index (χ1v) is 9.50. The molecule has 140 valence electrons. The first-order valence-electron chi connectivity index (χ1n) is 9.50. The molecule has 4 rings (SSSR count). The monoisotopic (exact) mass is 363 g/mol. The molecule has 5 nitrogen and oxygen atoms in total. The van der Waals surface area contributed by atoms with Crippen molar-refractivity contribution < 1.29 is 9.59 Å². The molecule has 27 heavy (non-hydrogen) atoms. The number of rotatable bonds is 4. The summed E-state index contributed by atoms with van der Waals surface area (Å²) < 4.78 is 0. The maximum absolute atomic E-state index is 13.3. The van der Waals surface area contributed by atoms with Gasteiger partial charge in [0.25, 0.3) is 0 Å². The second-order valence-corrected chi connectivity index (χ2v) is 7.67. The third-order valence-electron chi connectivity index (χ3n) is 5.59. The van der Waals surface area contributed by atoms with Gasteiger partial charge in [0.05, 0.1) is 0 Å². The third kappa shape index (κ3) is 3.18. The van der Waals surface area contributed by atoms with Gasteiger partial charge in [0.1, 0.15) is 5.41 Å². The SMILES string of the molecule is CN(C)c1ccc(NC(=O)C2(C(=O)N3CCCc4ccccc43)CC2)cc1. The molecule has 1 fully saturated rings. The topological polar surface area (TPSA) is 52.7 Å². The molecule has 1 N–H and O–H groups in total. The van der Waals surface area contributed by atoms with Crippen LogP contribution < -0.4 is 15.1 Å². The molecule has 1 saturated carbocycles. The van der Waals surface area contributed by atoms with Gasteiger partial charge in [-0.05, 0) is 61.6 Å². The molecule has 0 saturated heterocycles. The molecule has 0 atom stereocenters. The molecule has 2 aromatic rings. The normalized spacial score (nSPS) is 17.0. The first-order chi connectivity index (χ1) is 13.0. The predicted octanol–water partition coefficient (Wildman–Crippen LogP) is 3.45. The fourth-order valence-corrected chi connectivity index (χ4v) is 3.76. The van der Waals surface area contributed by atoms with E-state index < -0.39 is 5.41 Å². The summed E-state index contributed by atoms with van der Waals surface area (Å²) in [5, 5.41) is 2.95. The number of hydrogen-bond acceptors (Lipinski definition) is 3. The minimum Gasteiger partial charge on any atom is -0.378 e. The van der Waals surface area contributed by atoms with E-state index in [1.165, 1.54) is 5.56 Å². The molecule has 2 aliphatic rings. The van der Waals surface area contributed by atoms with E-state index in [0.717, 1.165) is 29.9 Å². The second kappa shape index (κ2) is 6.72. The molecule has 0 bridgehead atoms. The minimum atomic E-state index is -0.912. The highest BCUT2D eigenvalue weighted by atomic mass is 16.2. The van der Waals surface area contributed by atoms with Crippen molar-refractivity contribution in [1.29, 1.82) is 0 Å². The number of amides is 2. The standard InChI is InChI=1S/C22H25N3O2/c1-24(2)18-11-9-17(10-12-18)23-20(26)22(13-14-22)21(27)25-15-5-7-16-6-3-4-8-19(16)25/h3-4,6,8-12H,5,7,13-15H2,1-2H3,(H,23,26). The predicted molar refractivity (Wildman–Crippen MR) is 108 cm³/mol. The summed E-state index contributed by atoms with van der Waals surface area (Å²) in [6.45, 7) is 0.683. The van der Waals surface area contributed by atoms with Gasteiger partial charge in [0, 0.05) is 37.7 Å². The number of anilines is 3. The quantitative estimate of drug-likeness (QED) is 0.847. The van der Waals surface area contributed by atoms with Crippen LogP contribution in [-0.4, -0.2) is 32.5 Å². The van der Waals surface area contributed by atoms with Crippen molar-refractivity contribution in [2.45, 2.75) is 25.7 Å². The van der Waals surface area contributed by atoms with Crippen LogP contribution in [0.5, 0.6) is 0 Å². The largest absolute Gasteiger partial charge is 0.378 e. The van der Waals surface area contributed by atoms with E-state index in [4.69, 9.17) is 0 Å². The van der Waals surface area contributed by atoms with Gasteiger partial charge in [-0.15, -0.1) is 0 Å². The highest BCUT2D eigenvalue weighted by Crippen LogP contribution is 2.49. The molecule has 1 heterocycles. The Hall–Kier alpha value is -2.82. The Morgan fingerprint density at radius 2 is 1.74 bits per heavy atom. The van der Waals surface area contributed by atoms with E-state index in [1.54, 1.807) is 0 Å². The Morgan fingerprint density at radius 1 is 1.04 bits per heavy atom. The van der Waals surface area contributed by atoms with E-state index in [0.29, 0.717) is 19.4 Å². The maximum Gasteiger partial charge on any atom is 0.242 e. The van der Waals surface area contributed by atoms with Crippen LogP contribution in [0.15, 0.2) is 48.5 Å². The van der Waals surface area contributed by atoms with Crippen LogP contribution in [0.2, 0.25) is 0 Å². The van der Waals surface area contributed by atoms with Crippen LogP contribution in [0.4, 0.5) is 17.1 Å². The molecular formula is C22H25N3O2. The van der Waals surface area contributed by atoms with Crippen LogP contribution in [0.1, 0.15) is 24.8 Å². The summed E-state index contributed by atoms with van der Waals surface area (Å²) in [5.41, 5.74) is 3.03. The number of fused-ring (bicyclic) bond motifs is 1. The van der Waals surface area contributed by atoms with Crippen molar-refractivity contribution in [2.24, 2.45) is 5.41 Å². The molecule has 2 aromatic carbocycles. The van der Waals surface area contributed by atoms with Crippen LogP contribution >= 0.6 is 0 Å². The summed E-state index contributed by atoms with van der Waals surface area (Å²) in [5.74, 6) is -0.245. The zero-order valence-corrected chi connectivity index (χ0v) is 15.9. The Bertz CT molecular complexity index is 869. The Morgan fingerprint density at radius 3 is 2.41 bits per heavy atom. The van der Waals surface area contributed by atoms with Gasteiger partial charge in [-0.25, -0.2) is 0 Å². The number of carbonyl (C=O) groups is 2. The van der Waals surface area contributed by atoms with Crippen LogP contribution in [0.3, 0.4) is 0 Å². The van der Waals surface area contributed by atoms with Gasteiger partial charge in [0.15, 0.2) is 0 Å². The fraction of sp³-hybridized carbons (Fsp3) is 0.364. The molecule has 2 amide bonds. The third-order valence-corrected chi connectivity index (χ3v) is 5.59. The van der Waals surface area contributed by atoms with E-state index >= 15 is 0 Å². The molecule has 0 unspecified atom stereocenters. The summed E-state index contributed by atoms with van der Waals surface area (Å²) in [6, 6.07) is 15.7. The molecule has 0 radical (unpaired) electrons. The van der Waals surface area contributed by atoms with Crippen LogP contribution in [0, 0.1) is 5.41 Å². The lowest BCUT2D eigenvalue weighted by molar-refractivity contribution is -0.132. The Labute approximate surface area is 160 Å². The fourth-order valence-electron chi connectivity index (χ4n) is 3.76. The average Bonchev–Trinajstić information content (AvgIpc) is 3.49. The zero-order chi connectivity index (χ0) is 19.0. The number of aryl methyl sites for hydroxylation is 1. The van der Waals surface area contributed by atoms with E-state index in [9.17, 15) is 9.59 Å². The second-order valence-electron chi connectivity index (χ2n) is 7.67. The lowest BCUT2D eigenvalue weighted by atomic mass is 9.97. The molecule has 1 aliphatic heterocycles. The van der Waals surface area contributed by atoms with Crippen LogP contribution in [-0.2, 0) is 16.0 Å². The highest BCUT2D eigenvalue weighted by Gasteiger charge is 2.58. The molecule has 0 spiro atoms. The molecule has 1 aliphatic carbocycles. The number of benzene rings is 2. The van der Waals surface area contributed by atoms with Gasteiger partial charge < -0.3 is 15.1 Å². The van der Waals surface area contributed by atoms with Gasteiger partial charge in [-0.1, -0.05) is 18.2 Å². The number of nitrogens with one attached hydrogen (secondary N) is 1. The summed E-state index contributed by atoms with van der Waals surface area (Å²) in [7, 11) is 3.95.